The number of hydrogen-bond donors (Lipinski definition) is 0. The number of carbonyl (C=O) groups excluding carboxylic acids is 1. The summed E-state index contributed by atoms with van der Waals surface area (Å²) in [7, 11) is 4.60. The van der Waals surface area contributed by atoms with Crippen molar-refractivity contribution in [3.8, 4) is 23.3 Å². The Morgan fingerprint density at radius 1 is 1.04 bits per heavy atom. The first-order valence-electron chi connectivity index (χ1n) is 7.26. The maximum absolute atomic E-state index is 12.6. The van der Waals surface area contributed by atoms with E-state index in [1.54, 1.807) is 43.5 Å². The van der Waals surface area contributed by atoms with Crippen LogP contribution in [-0.4, -0.2) is 27.1 Å². The van der Waals surface area contributed by atoms with Crippen LogP contribution in [0.15, 0.2) is 46.4 Å². The molecule has 0 unspecified atom stereocenters. The predicted octanol–water partition coefficient (Wildman–Crippen LogP) is 4.26. The Balaban J connectivity index is 2.42. The summed E-state index contributed by atoms with van der Waals surface area (Å²) >= 11 is 3.42. The molecule has 0 aromatic heterocycles. The third-order valence-corrected chi connectivity index (χ3v) is 4.21. The van der Waals surface area contributed by atoms with E-state index < -0.39 is 0 Å². The van der Waals surface area contributed by atoms with Crippen LogP contribution >= 0.6 is 15.9 Å². The number of methoxy groups -OCH3 is 3. The smallest absolute Gasteiger partial charge is 0.203 e. The van der Waals surface area contributed by atoms with E-state index >= 15 is 0 Å². The van der Waals surface area contributed by atoms with E-state index in [4.69, 9.17) is 14.2 Å². The van der Waals surface area contributed by atoms with Crippen LogP contribution in [-0.2, 0) is 0 Å². The molecule has 0 saturated carbocycles. The zero-order chi connectivity index (χ0) is 18.4. The minimum absolute atomic E-state index is 0.0121. The van der Waals surface area contributed by atoms with Crippen LogP contribution in [0.3, 0.4) is 0 Å². The Labute approximate surface area is 154 Å². The Bertz CT molecular complexity index is 851. The molecule has 0 aliphatic heterocycles. The fraction of sp³-hybridized carbons (Fsp3) is 0.158. The van der Waals surface area contributed by atoms with Gasteiger partial charge in [-0.3, -0.25) is 4.79 Å². The maximum Gasteiger partial charge on any atom is 0.203 e. The molecule has 6 heteroatoms. The normalized spacial score (nSPS) is 10.8. The number of nitriles is 1. The van der Waals surface area contributed by atoms with Gasteiger partial charge in [-0.25, -0.2) is 0 Å². The molecule has 0 saturated heterocycles. The lowest BCUT2D eigenvalue weighted by molar-refractivity contribution is 0.104. The zero-order valence-electron chi connectivity index (χ0n) is 14.0. The van der Waals surface area contributed by atoms with Crippen molar-refractivity contribution in [1.29, 1.82) is 5.26 Å². The largest absolute Gasteiger partial charge is 0.497 e. The number of hydrogen-bond acceptors (Lipinski definition) is 5. The zero-order valence-corrected chi connectivity index (χ0v) is 15.6. The molecule has 0 aliphatic rings. The highest BCUT2D eigenvalue weighted by atomic mass is 79.9. The van der Waals surface area contributed by atoms with Gasteiger partial charge >= 0.3 is 0 Å². The SMILES string of the molecule is COc1ccc(C(=O)/C(C#N)=C/c2cc(OC)c(OC)cc2Br)cc1. The molecular weight excluding hydrogens is 386 g/mol. The molecule has 2 aromatic rings. The Morgan fingerprint density at radius 3 is 2.16 bits per heavy atom. The standard InChI is InChI=1S/C19H16BrNO4/c1-23-15-6-4-12(5-7-15)19(22)14(11-21)8-13-9-17(24-2)18(25-3)10-16(13)20/h4-10H,1-3H3/b14-8+. The van der Waals surface area contributed by atoms with Crippen LogP contribution in [0.4, 0.5) is 0 Å². The molecule has 25 heavy (non-hydrogen) atoms. The molecule has 0 N–H and O–H groups in total. The number of carbonyl (C=O) groups is 1. The third kappa shape index (κ3) is 4.20. The Hall–Kier alpha value is -2.78. The van der Waals surface area contributed by atoms with Crippen molar-refractivity contribution in [3.63, 3.8) is 0 Å². The van der Waals surface area contributed by atoms with Gasteiger partial charge in [-0.2, -0.15) is 5.26 Å². The van der Waals surface area contributed by atoms with Gasteiger partial charge in [-0.1, -0.05) is 15.9 Å². The third-order valence-electron chi connectivity index (χ3n) is 3.52. The number of ketones is 1. The van der Waals surface area contributed by atoms with Gasteiger partial charge in [0, 0.05) is 10.0 Å². The summed E-state index contributed by atoms with van der Waals surface area (Å²) in [4.78, 5) is 12.6. The van der Waals surface area contributed by atoms with E-state index in [9.17, 15) is 10.1 Å². The van der Waals surface area contributed by atoms with Gasteiger partial charge in [0.05, 0.1) is 21.3 Å². The lowest BCUT2D eigenvalue weighted by Gasteiger charge is -2.10. The number of halogens is 1. The Morgan fingerprint density at radius 2 is 1.64 bits per heavy atom. The molecule has 0 amide bonds. The molecule has 2 aromatic carbocycles. The number of nitrogens with zero attached hydrogens (tertiary/aromatic N) is 1. The van der Waals surface area contributed by atoms with Crippen LogP contribution in [0.25, 0.3) is 6.08 Å². The van der Waals surface area contributed by atoms with Crippen LogP contribution in [0.1, 0.15) is 15.9 Å². The van der Waals surface area contributed by atoms with E-state index in [-0.39, 0.29) is 11.4 Å². The molecule has 0 heterocycles. The summed E-state index contributed by atoms with van der Waals surface area (Å²) in [6.07, 6.45) is 1.51. The number of rotatable bonds is 6. The van der Waals surface area contributed by atoms with Crippen molar-refractivity contribution in [2.24, 2.45) is 0 Å². The number of ether oxygens (including phenoxy) is 3. The lowest BCUT2D eigenvalue weighted by Crippen LogP contribution is -2.02. The molecule has 0 radical (unpaired) electrons. The van der Waals surface area contributed by atoms with Gasteiger partial charge in [0.15, 0.2) is 11.5 Å². The van der Waals surface area contributed by atoms with E-state index in [1.807, 2.05) is 6.07 Å². The first kappa shape index (κ1) is 18.6. The fourth-order valence-corrected chi connectivity index (χ4v) is 2.62. The van der Waals surface area contributed by atoms with E-state index in [0.717, 1.165) is 0 Å². The van der Waals surface area contributed by atoms with Crippen LogP contribution in [0.2, 0.25) is 0 Å². The molecule has 0 spiro atoms. The second-order valence-electron chi connectivity index (χ2n) is 4.96. The molecule has 128 valence electrons. The highest BCUT2D eigenvalue weighted by Crippen LogP contribution is 2.34. The minimum atomic E-state index is -0.369. The molecule has 2 rings (SSSR count). The van der Waals surface area contributed by atoms with Gasteiger partial charge in [0.2, 0.25) is 5.78 Å². The average molecular weight is 402 g/mol. The highest BCUT2D eigenvalue weighted by molar-refractivity contribution is 9.10. The van der Waals surface area contributed by atoms with Crippen LogP contribution in [0.5, 0.6) is 17.2 Å². The second-order valence-corrected chi connectivity index (χ2v) is 5.81. The van der Waals surface area contributed by atoms with Gasteiger partial charge in [-0.15, -0.1) is 0 Å². The van der Waals surface area contributed by atoms with Crippen molar-refractivity contribution in [2.45, 2.75) is 0 Å². The summed E-state index contributed by atoms with van der Waals surface area (Å²) in [5.74, 6) is 1.33. The summed E-state index contributed by atoms with van der Waals surface area (Å²) in [5.41, 5.74) is 1.05. The topological polar surface area (TPSA) is 68.6 Å². The van der Waals surface area contributed by atoms with E-state index in [2.05, 4.69) is 15.9 Å². The molecule has 0 aliphatic carbocycles. The molecular formula is C19H16BrNO4. The molecule has 0 fully saturated rings. The lowest BCUT2D eigenvalue weighted by atomic mass is 10.0. The van der Waals surface area contributed by atoms with Crippen molar-refractivity contribution >= 4 is 27.8 Å². The summed E-state index contributed by atoms with van der Waals surface area (Å²) in [5, 5.41) is 9.40. The van der Waals surface area contributed by atoms with Gasteiger partial charge in [0.25, 0.3) is 0 Å². The summed E-state index contributed by atoms with van der Waals surface area (Å²) in [6, 6.07) is 12.0. The van der Waals surface area contributed by atoms with E-state index in [0.29, 0.717) is 32.8 Å². The minimum Gasteiger partial charge on any atom is -0.497 e. The number of allylic oxidation sites excluding steroid dienone is 1. The average Bonchev–Trinajstić information content (AvgIpc) is 2.66. The van der Waals surface area contributed by atoms with Gasteiger partial charge in [-0.05, 0) is 48.0 Å². The maximum atomic E-state index is 12.6. The quantitative estimate of drug-likeness (QED) is 0.410. The predicted molar refractivity (Wildman–Crippen MR) is 98.2 cm³/mol. The monoisotopic (exact) mass is 401 g/mol. The summed E-state index contributed by atoms with van der Waals surface area (Å²) < 4.78 is 16.2. The highest BCUT2D eigenvalue weighted by Gasteiger charge is 2.15. The Kier molecular flexibility index (Phi) is 6.20. The van der Waals surface area contributed by atoms with Crippen molar-refractivity contribution in [3.05, 3.63) is 57.6 Å². The molecule has 5 nitrogen and oxygen atoms in total. The number of benzene rings is 2. The first-order chi connectivity index (χ1) is 12.0. The first-order valence-corrected chi connectivity index (χ1v) is 8.05. The fourth-order valence-electron chi connectivity index (χ4n) is 2.18. The molecule has 0 bridgehead atoms. The van der Waals surface area contributed by atoms with Crippen LogP contribution in [0, 0.1) is 11.3 Å². The molecule has 0 atom stereocenters. The van der Waals surface area contributed by atoms with Gasteiger partial charge in [0.1, 0.15) is 17.4 Å². The van der Waals surface area contributed by atoms with Crippen molar-refractivity contribution in [1.82, 2.24) is 0 Å². The van der Waals surface area contributed by atoms with Crippen molar-refractivity contribution in [2.75, 3.05) is 21.3 Å². The van der Waals surface area contributed by atoms with E-state index in [1.165, 1.54) is 20.3 Å². The van der Waals surface area contributed by atoms with Gasteiger partial charge < -0.3 is 14.2 Å². The number of Topliss-reactive ketones (excluding diaryl/α,β-unsaturated/α-hetero) is 1. The summed E-state index contributed by atoms with van der Waals surface area (Å²) in [6.45, 7) is 0. The van der Waals surface area contributed by atoms with Crippen molar-refractivity contribution < 1.29 is 19.0 Å². The van der Waals surface area contributed by atoms with Crippen LogP contribution < -0.4 is 14.2 Å². The second kappa shape index (κ2) is 8.36.